The highest BCUT2D eigenvalue weighted by molar-refractivity contribution is 5.52. The maximum atomic E-state index is 9.89. The Hall–Kier alpha value is -4.12. The highest BCUT2D eigenvalue weighted by atomic mass is 16.5. The topological polar surface area (TPSA) is 73.8 Å². The number of rotatable bonds is 8. The number of aromatic hydroxyl groups is 2. The van der Waals surface area contributed by atoms with Crippen LogP contribution in [0.2, 0.25) is 0 Å². The van der Waals surface area contributed by atoms with Crippen molar-refractivity contribution < 1.29 is 14.9 Å². The van der Waals surface area contributed by atoms with Gasteiger partial charge in [0.1, 0.15) is 23.0 Å². The number of hydrogen-bond acceptors (Lipinski definition) is 5. The molecule has 156 valence electrons. The van der Waals surface area contributed by atoms with Gasteiger partial charge in [-0.1, -0.05) is 42.5 Å². The molecule has 0 amide bonds. The van der Waals surface area contributed by atoms with E-state index in [0.29, 0.717) is 13.1 Å². The largest absolute Gasteiger partial charge is 0.508 e. The Balaban J connectivity index is 1.34. The lowest BCUT2D eigenvalue weighted by molar-refractivity contribution is 0.468. The Morgan fingerprint density at radius 3 is 1.74 bits per heavy atom. The number of ether oxygens (including phenoxy) is 1. The Bertz CT molecular complexity index is 1140. The third-order valence-electron chi connectivity index (χ3n) is 4.87. The van der Waals surface area contributed by atoms with Gasteiger partial charge in [0, 0.05) is 41.7 Å². The fourth-order valence-corrected chi connectivity index (χ4v) is 3.16. The van der Waals surface area contributed by atoms with Crippen LogP contribution in [0.5, 0.6) is 23.0 Å². The van der Waals surface area contributed by atoms with E-state index in [1.165, 1.54) is 0 Å². The second kappa shape index (κ2) is 9.59. The van der Waals surface area contributed by atoms with Gasteiger partial charge >= 0.3 is 0 Å². The van der Waals surface area contributed by atoms with Crippen molar-refractivity contribution in [1.82, 2.24) is 0 Å². The van der Waals surface area contributed by atoms with Crippen molar-refractivity contribution in [3.8, 4) is 23.0 Å². The van der Waals surface area contributed by atoms with Crippen molar-refractivity contribution in [2.45, 2.75) is 13.1 Å². The van der Waals surface area contributed by atoms with Gasteiger partial charge in [-0.05, 0) is 48.5 Å². The lowest BCUT2D eigenvalue weighted by Gasteiger charge is -2.12. The summed E-state index contributed by atoms with van der Waals surface area (Å²) in [4.78, 5) is 0. The summed E-state index contributed by atoms with van der Waals surface area (Å²) >= 11 is 0. The lowest BCUT2D eigenvalue weighted by Crippen LogP contribution is -2.00. The molecule has 0 aliphatic rings. The molecule has 4 N–H and O–H groups in total. The summed E-state index contributed by atoms with van der Waals surface area (Å²) < 4.78 is 5.97. The molecule has 0 fully saturated rings. The molecule has 4 aromatic rings. The Morgan fingerprint density at radius 1 is 0.548 bits per heavy atom. The smallest absolute Gasteiger partial charge is 0.129 e. The summed E-state index contributed by atoms with van der Waals surface area (Å²) in [6.45, 7) is 1.06. The molecule has 5 heteroatoms. The summed E-state index contributed by atoms with van der Waals surface area (Å²) in [6.07, 6.45) is 0. The second-order valence-corrected chi connectivity index (χ2v) is 7.12. The first-order valence-corrected chi connectivity index (χ1v) is 10.1. The number of anilines is 2. The third kappa shape index (κ3) is 5.48. The standard InChI is InChI=1S/C26H24N2O3/c29-25-10-3-1-6-19(25)17-27-21-12-14-23(15-13-21)31-24-9-5-8-22(16-24)28-18-20-7-2-4-11-26(20)30/h1-16,27-30H,17-18H2. The van der Waals surface area contributed by atoms with Crippen molar-refractivity contribution in [1.29, 1.82) is 0 Å². The molecule has 0 radical (unpaired) electrons. The zero-order chi connectivity index (χ0) is 21.5. The van der Waals surface area contributed by atoms with Crippen molar-refractivity contribution in [2.24, 2.45) is 0 Å². The first-order valence-electron chi connectivity index (χ1n) is 10.1. The number of nitrogens with one attached hydrogen (secondary N) is 2. The van der Waals surface area contributed by atoms with Gasteiger partial charge in [0.15, 0.2) is 0 Å². The van der Waals surface area contributed by atoms with Crippen LogP contribution < -0.4 is 15.4 Å². The summed E-state index contributed by atoms with van der Waals surface area (Å²) in [5.74, 6) is 2.01. The van der Waals surface area contributed by atoms with Gasteiger partial charge in [-0.3, -0.25) is 0 Å². The molecule has 31 heavy (non-hydrogen) atoms. The van der Waals surface area contributed by atoms with Crippen molar-refractivity contribution >= 4 is 11.4 Å². The van der Waals surface area contributed by atoms with Gasteiger partial charge in [-0.15, -0.1) is 0 Å². The maximum absolute atomic E-state index is 9.89. The van der Waals surface area contributed by atoms with E-state index in [1.54, 1.807) is 24.3 Å². The minimum atomic E-state index is 0.276. The Morgan fingerprint density at radius 2 is 1.13 bits per heavy atom. The molecule has 0 saturated carbocycles. The number of hydrogen-bond donors (Lipinski definition) is 4. The Kier molecular flexibility index (Phi) is 6.24. The molecule has 0 bridgehead atoms. The molecule has 5 nitrogen and oxygen atoms in total. The molecule has 0 aliphatic heterocycles. The zero-order valence-electron chi connectivity index (χ0n) is 17.0. The molecule has 4 rings (SSSR count). The van der Waals surface area contributed by atoms with E-state index in [0.717, 1.165) is 34.0 Å². The molecule has 0 atom stereocenters. The van der Waals surface area contributed by atoms with Crippen molar-refractivity contribution in [3.05, 3.63) is 108 Å². The van der Waals surface area contributed by atoms with Crippen LogP contribution in [0.1, 0.15) is 11.1 Å². The van der Waals surface area contributed by atoms with Gasteiger partial charge < -0.3 is 25.6 Å². The number of para-hydroxylation sites is 2. The summed E-state index contributed by atoms with van der Waals surface area (Å²) in [5.41, 5.74) is 3.52. The summed E-state index contributed by atoms with van der Waals surface area (Å²) in [6, 6.07) is 29.9. The molecule has 0 heterocycles. The fourth-order valence-electron chi connectivity index (χ4n) is 3.16. The van der Waals surface area contributed by atoms with Gasteiger partial charge in [0.05, 0.1) is 0 Å². The molecule has 0 aliphatic carbocycles. The van der Waals surface area contributed by atoms with E-state index in [9.17, 15) is 10.2 Å². The average Bonchev–Trinajstić information content (AvgIpc) is 2.79. The van der Waals surface area contributed by atoms with Crippen LogP contribution in [-0.4, -0.2) is 10.2 Å². The SMILES string of the molecule is Oc1ccccc1CNc1ccc(Oc2cccc(NCc3ccccc3O)c2)cc1. The van der Waals surface area contributed by atoms with Gasteiger partial charge in [-0.25, -0.2) is 0 Å². The van der Waals surface area contributed by atoms with Crippen LogP contribution in [0.3, 0.4) is 0 Å². The van der Waals surface area contributed by atoms with Crippen LogP contribution in [0, 0.1) is 0 Å². The van der Waals surface area contributed by atoms with E-state index in [1.807, 2.05) is 72.8 Å². The summed E-state index contributed by atoms with van der Waals surface area (Å²) in [5, 5.41) is 26.3. The third-order valence-corrected chi connectivity index (χ3v) is 4.87. The molecule has 0 unspecified atom stereocenters. The van der Waals surface area contributed by atoms with Gasteiger partial charge in [0.2, 0.25) is 0 Å². The van der Waals surface area contributed by atoms with E-state index in [-0.39, 0.29) is 11.5 Å². The number of phenolic OH excluding ortho intramolecular Hbond substituents is 2. The average molecular weight is 412 g/mol. The van der Waals surface area contributed by atoms with Crippen LogP contribution in [0.15, 0.2) is 97.1 Å². The van der Waals surface area contributed by atoms with Crippen LogP contribution >= 0.6 is 0 Å². The van der Waals surface area contributed by atoms with E-state index < -0.39 is 0 Å². The predicted octanol–water partition coefficient (Wildman–Crippen LogP) is 6.11. The van der Waals surface area contributed by atoms with E-state index in [2.05, 4.69) is 10.6 Å². The van der Waals surface area contributed by atoms with Gasteiger partial charge in [0.25, 0.3) is 0 Å². The van der Waals surface area contributed by atoms with Crippen LogP contribution in [0.4, 0.5) is 11.4 Å². The minimum Gasteiger partial charge on any atom is -0.508 e. The van der Waals surface area contributed by atoms with Crippen LogP contribution in [-0.2, 0) is 13.1 Å². The lowest BCUT2D eigenvalue weighted by atomic mass is 10.2. The zero-order valence-corrected chi connectivity index (χ0v) is 17.0. The first kappa shape index (κ1) is 20.2. The molecule has 0 spiro atoms. The van der Waals surface area contributed by atoms with E-state index >= 15 is 0 Å². The van der Waals surface area contributed by atoms with E-state index in [4.69, 9.17) is 4.74 Å². The highest BCUT2D eigenvalue weighted by Gasteiger charge is 2.03. The molecule has 0 aromatic heterocycles. The predicted molar refractivity (Wildman–Crippen MR) is 124 cm³/mol. The molecular weight excluding hydrogens is 388 g/mol. The first-order chi connectivity index (χ1) is 15.2. The number of benzene rings is 4. The summed E-state index contributed by atoms with van der Waals surface area (Å²) in [7, 11) is 0. The quantitative estimate of drug-likeness (QED) is 0.281. The highest BCUT2D eigenvalue weighted by Crippen LogP contribution is 2.26. The van der Waals surface area contributed by atoms with Gasteiger partial charge in [-0.2, -0.15) is 0 Å². The monoisotopic (exact) mass is 412 g/mol. The van der Waals surface area contributed by atoms with Crippen molar-refractivity contribution in [3.63, 3.8) is 0 Å². The molecule has 4 aromatic carbocycles. The molecule has 0 saturated heterocycles. The van der Waals surface area contributed by atoms with Crippen molar-refractivity contribution in [2.75, 3.05) is 10.6 Å². The Labute approximate surface area is 181 Å². The second-order valence-electron chi connectivity index (χ2n) is 7.12. The molecular formula is C26H24N2O3. The minimum absolute atomic E-state index is 0.276. The maximum Gasteiger partial charge on any atom is 0.129 e. The fraction of sp³-hybridized carbons (Fsp3) is 0.0769. The normalized spacial score (nSPS) is 10.5. The van der Waals surface area contributed by atoms with Crippen LogP contribution in [0.25, 0.3) is 0 Å². The number of phenols is 2.